The minimum absolute atomic E-state index is 0.0600. The average molecular weight is 391 g/mol. The van der Waals surface area contributed by atoms with Gasteiger partial charge in [-0.2, -0.15) is 0 Å². The highest BCUT2D eigenvalue weighted by atomic mass is 19.1. The smallest absolute Gasteiger partial charge is 0.271 e. The maximum atomic E-state index is 13.3. The van der Waals surface area contributed by atoms with Gasteiger partial charge in [0, 0.05) is 19.4 Å². The van der Waals surface area contributed by atoms with E-state index in [9.17, 15) is 19.1 Å². The maximum Gasteiger partial charge on any atom is 0.271 e. The van der Waals surface area contributed by atoms with Gasteiger partial charge in [-0.3, -0.25) is 14.6 Å². The number of aliphatic imine (C=N–C) groups is 1. The van der Waals surface area contributed by atoms with Gasteiger partial charge in [-0.25, -0.2) is 4.39 Å². The van der Waals surface area contributed by atoms with Gasteiger partial charge in [0.25, 0.3) is 5.91 Å². The van der Waals surface area contributed by atoms with Crippen molar-refractivity contribution in [2.24, 2.45) is 4.99 Å². The van der Waals surface area contributed by atoms with E-state index in [-0.39, 0.29) is 31.0 Å². The first-order valence-corrected chi connectivity index (χ1v) is 9.05. The number of aliphatic hydroxyl groups is 1. The minimum Gasteiger partial charge on any atom is -0.503 e. The number of nitrogens with zero attached hydrogens (tertiary/aromatic N) is 1. The predicted octanol–water partition coefficient (Wildman–Crippen LogP) is 2.08. The summed E-state index contributed by atoms with van der Waals surface area (Å²) in [5, 5.41) is 15.1. The summed E-state index contributed by atoms with van der Waals surface area (Å²) in [4.78, 5) is 27.7. The van der Waals surface area contributed by atoms with E-state index in [1.165, 1.54) is 18.2 Å². The molecule has 152 valence electrons. The van der Waals surface area contributed by atoms with Crippen LogP contribution in [0.1, 0.15) is 32.6 Å². The van der Waals surface area contributed by atoms with Crippen molar-refractivity contribution in [1.29, 1.82) is 0 Å². The van der Waals surface area contributed by atoms with E-state index in [2.05, 4.69) is 21.5 Å². The molecule has 1 rings (SSSR count). The molecule has 28 heavy (non-hydrogen) atoms. The monoisotopic (exact) mass is 391 g/mol. The summed E-state index contributed by atoms with van der Waals surface area (Å²) < 4.78 is 18.7. The van der Waals surface area contributed by atoms with Crippen LogP contribution in [0.2, 0.25) is 0 Å². The number of amides is 1. The molecular formula is C20H26FN3O4. The average Bonchev–Trinajstić information content (AvgIpc) is 2.94. The molecule has 8 heteroatoms. The van der Waals surface area contributed by atoms with Crippen LogP contribution in [-0.4, -0.2) is 48.9 Å². The van der Waals surface area contributed by atoms with E-state index in [1.807, 2.05) is 6.92 Å². The first-order chi connectivity index (χ1) is 13.5. The van der Waals surface area contributed by atoms with Crippen LogP contribution in [0.5, 0.6) is 0 Å². The summed E-state index contributed by atoms with van der Waals surface area (Å²) in [5.74, 6) is 0.916. The number of aldehydes is 1. The van der Waals surface area contributed by atoms with Crippen molar-refractivity contribution in [2.75, 3.05) is 19.8 Å². The van der Waals surface area contributed by atoms with Gasteiger partial charge in [-0.1, -0.05) is 13.0 Å². The number of halogens is 1. The van der Waals surface area contributed by atoms with Crippen LogP contribution in [0.4, 0.5) is 4.39 Å². The Morgan fingerprint density at radius 2 is 2.32 bits per heavy atom. The lowest BCUT2D eigenvalue weighted by Crippen LogP contribution is -2.37. The molecule has 1 amide bonds. The van der Waals surface area contributed by atoms with E-state index < -0.39 is 17.5 Å². The summed E-state index contributed by atoms with van der Waals surface area (Å²) in [6, 6.07) is -0.0600. The number of nitrogens with one attached hydrogen (secondary N) is 2. The molecule has 0 fully saturated rings. The molecule has 1 heterocycles. The van der Waals surface area contributed by atoms with Gasteiger partial charge in [0.15, 0.2) is 17.7 Å². The Kier molecular flexibility index (Phi) is 11.0. The van der Waals surface area contributed by atoms with Crippen molar-refractivity contribution in [3.63, 3.8) is 0 Å². The molecule has 0 bridgehead atoms. The summed E-state index contributed by atoms with van der Waals surface area (Å²) in [7, 11) is 0. The van der Waals surface area contributed by atoms with Crippen LogP contribution >= 0.6 is 0 Å². The Morgan fingerprint density at radius 1 is 1.54 bits per heavy atom. The van der Waals surface area contributed by atoms with E-state index in [0.29, 0.717) is 31.9 Å². The third kappa shape index (κ3) is 8.64. The van der Waals surface area contributed by atoms with Crippen molar-refractivity contribution in [1.82, 2.24) is 10.6 Å². The molecule has 1 atom stereocenters. The number of carbonyl (C=O) groups is 2. The Hall–Kier alpha value is -2.92. The quantitative estimate of drug-likeness (QED) is 0.140. The number of ether oxygens (including phenoxy) is 1. The van der Waals surface area contributed by atoms with Crippen molar-refractivity contribution < 1.29 is 23.8 Å². The van der Waals surface area contributed by atoms with Crippen LogP contribution in [-0.2, 0) is 14.3 Å². The standard InChI is InChI=1S/C20H26FN3O4/c1-3-5-8-15(21)9-6-7-11-22-20(27)19(17(26)13-25)24-18-10-12-28-14-16(4-2)23-18/h1,6,8-9,13,16,26H,4-5,7,10-12,14H2,2H3,(H,22,27)(H,23,24)/b9-6-,15-8+,19-17+. The first-order valence-electron chi connectivity index (χ1n) is 9.05. The van der Waals surface area contributed by atoms with Gasteiger partial charge in [0.1, 0.15) is 11.7 Å². The fraction of sp³-hybridized carbons (Fsp3) is 0.450. The van der Waals surface area contributed by atoms with Crippen LogP contribution in [0, 0.1) is 12.3 Å². The highest BCUT2D eigenvalue weighted by Crippen LogP contribution is 2.07. The predicted molar refractivity (Wildman–Crippen MR) is 105 cm³/mol. The molecule has 0 saturated carbocycles. The second-order valence-corrected chi connectivity index (χ2v) is 5.91. The number of aliphatic hydroxyl groups excluding tert-OH is 1. The molecular weight excluding hydrogens is 365 g/mol. The Bertz CT molecular complexity index is 705. The number of carbonyl (C=O) groups excluding carboxylic acids is 2. The molecule has 0 radical (unpaired) electrons. The van der Waals surface area contributed by atoms with Gasteiger partial charge in [0.2, 0.25) is 0 Å². The van der Waals surface area contributed by atoms with Crippen molar-refractivity contribution in [2.45, 2.75) is 38.6 Å². The molecule has 1 aliphatic heterocycles. The molecule has 7 nitrogen and oxygen atoms in total. The Labute approximate surface area is 164 Å². The largest absolute Gasteiger partial charge is 0.503 e. The van der Waals surface area contributed by atoms with E-state index in [0.717, 1.165) is 6.42 Å². The second-order valence-electron chi connectivity index (χ2n) is 5.91. The fourth-order valence-corrected chi connectivity index (χ4v) is 2.23. The van der Waals surface area contributed by atoms with Gasteiger partial charge in [-0.15, -0.1) is 12.3 Å². The van der Waals surface area contributed by atoms with Crippen molar-refractivity contribution in [3.05, 3.63) is 35.5 Å². The molecule has 0 aliphatic carbocycles. The van der Waals surface area contributed by atoms with Crippen LogP contribution < -0.4 is 10.6 Å². The Morgan fingerprint density at radius 3 is 3.00 bits per heavy atom. The molecule has 0 aromatic carbocycles. The third-order valence-corrected chi connectivity index (χ3v) is 3.76. The highest BCUT2D eigenvalue weighted by molar-refractivity contribution is 6.02. The normalized spacial score (nSPS) is 18.5. The van der Waals surface area contributed by atoms with E-state index in [1.54, 1.807) is 0 Å². The van der Waals surface area contributed by atoms with E-state index >= 15 is 0 Å². The lowest BCUT2D eigenvalue weighted by molar-refractivity contribution is -0.118. The SMILES string of the molecule is C#CC/C=C(F)\C=C/CCNC(=O)/C(NC1=NC(CC)COCC1)=C(\O)C=O. The Balaban J connectivity index is 2.67. The zero-order valence-electron chi connectivity index (χ0n) is 15.9. The third-order valence-electron chi connectivity index (χ3n) is 3.76. The molecule has 0 aromatic rings. The van der Waals surface area contributed by atoms with E-state index in [4.69, 9.17) is 11.2 Å². The number of rotatable bonds is 9. The zero-order chi connectivity index (χ0) is 20.8. The van der Waals surface area contributed by atoms with Gasteiger partial charge in [-0.05, 0) is 25.0 Å². The summed E-state index contributed by atoms with van der Waals surface area (Å²) in [6.45, 7) is 3.04. The fourth-order valence-electron chi connectivity index (χ4n) is 2.23. The summed E-state index contributed by atoms with van der Waals surface area (Å²) >= 11 is 0. The van der Waals surface area contributed by atoms with Gasteiger partial charge >= 0.3 is 0 Å². The van der Waals surface area contributed by atoms with Gasteiger partial charge in [0.05, 0.1) is 19.3 Å². The molecule has 0 spiro atoms. The summed E-state index contributed by atoms with van der Waals surface area (Å²) in [5.41, 5.74) is -0.283. The maximum absolute atomic E-state index is 13.3. The lowest BCUT2D eigenvalue weighted by atomic mass is 10.2. The zero-order valence-corrected chi connectivity index (χ0v) is 15.9. The van der Waals surface area contributed by atoms with Crippen molar-refractivity contribution in [3.8, 4) is 12.3 Å². The molecule has 1 unspecified atom stereocenters. The number of amidine groups is 1. The van der Waals surface area contributed by atoms with Crippen LogP contribution in [0.3, 0.4) is 0 Å². The minimum atomic E-state index is -0.725. The number of hydrogen-bond donors (Lipinski definition) is 3. The van der Waals surface area contributed by atoms with Gasteiger partial charge < -0.3 is 20.5 Å². The van der Waals surface area contributed by atoms with Crippen LogP contribution in [0.15, 0.2) is 40.5 Å². The highest BCUT2D eigenvalue weighted by Gasteiger charge is 2.19. The molecule has 3 N–H and O–H groups in total. The topological polar surface area (TPSA) is 100 Å². The second kappa shape index (κ2) is 13.3. The lowest BCUT2D eigenvalue weighted by Gasteiger charge is -2.13. The van der Waals surface area contributed by atoms with Crippen LogP contribution in [0.25, 0.3) is 0 Å². The number of terminal acetylenes is 1. The number of hydrogen-bond acceptors (Lipinski definition) is 6. The molecule has 0 aromatic heterocycles. The molecule has 1 aliphatic rings. The summed E-state index contributed by atoms with van der Waals surface area (Å²) in [6.07, 6.45) is 11.0. The molecule has 0 saturated heterocycles. The first kappa shape index (κ1) is 23.1. The van der Waals surface area contributed by atoms with Crippen molar-refractivity contribution >= 4 is 18.0 Å². The number of allylic oxidation sites excluding steroid dienone is 4.